The molecule has 2 N–H and O–H groups in total. The Labute approximate surface area is 95.8 Å². The number of carbonyl (C=O) groups excluding carboxylic acids is 1. The van der Waals surface area contributed by atoms with Crippen LogP contribution in [0.1, 0.15) is 39.0 Å². The van der Waals surface area contributed by atoms with Crippen molar-refractivity contribution in [3.05, 3.63) is 0 Å². The number of carbonyl (C=O) groups is 2. The summed E-state index contributed by atoms with van der Waals surface area (Å²) in [5.41, 5.74) is 0. The summed E-state index contributed by atoms with van der Waals surface area (Å²) in [6.07, 6.45) is 3.66. The second-order valence-electron chi connectivity index (χ2n) is 4.33. The molecule has 0 bridgehead atoms. The maximum Gasteiger partial charge on any atom is 0.317 e. The second kappa shape index (κ2) is 6.35. The molecule has 0 radical (unpaired) electrons. The quantitative estimate of drug-likeness (QED) is 0.748. The minimum Gasteiger partial charge on any atom is -0.481 e. The molecule has 1 aliphatic heterocycles. The molecule has 0 aliphatic carbocycles. The molecule has 2 amide bonds. The lowest BCUT2D eigenvalue weighted by molar-refractivity contribution is -0.137. The molecule has 1 fully saturated rings. The van der Waals surface area contributed by atoms with Crippen LogP contribution in [0, 0.1) is 0 Å². The van der Waals surface area contributed by atoms with Crippen LogP contribution >= 0.6 is 0 Å². The SMILES string of the molecule is CC(CCCC(=O)O)NC(=O)N1CCCC1. The predicted molar refractivity (Wildman–Crippen MR) is 60.3 cm³/mol. The van der Waals surface area contributed by atoms with E-state index in [4.69, 9.17) is 5.11 Å². The lowest BCUT2D eigenvalue weighted by Crippen LogP contribution is -2.42. The topological polar surface area (TPSA) is 69.6 Å². The lowest BCUT2D eigenvalue weighted by atomic mass is 10.1. The van der Waals surface area contributed by atoms with E-state index in [-0.39, 0.29) is 18.5 Å². The molecular weight excluding hydrogens is 208 g/mol. The van der Waals surface area contributed by atoms with Gasteiger partial charge in [0, 0.05) is 25.6 Å². The number of carboxylic acid groups (broad SMARTS) is 1. The molecule has 1 rings (SSSR count). The monoisotopic (exact) mass is 228 g/mol. The average Bonchev–Trinajstić information content (AvgIpc) is 2.69. The van der Waals surface area contributed by atoms with Crippen molar-refractivity contribution in [2.75, 3.05) is 13.1 Å². The molecule has 5 heteroatoms. The zero-order valence-corrected chi connectivity index (χ0v) is 9.74. The number of aliphatic carboxylic acids is 1. The first-order chi connectivity index (χ1) is 7.59. The van der Waals surface area contributed by atoms with E-state index in [1.165, 1.54) is 0 Å². The molecule has 0 spiro atoms. The third-order valence-electron chi connectivity index (χ3n) is 2.79. The van der Waals surface area contributed by atoms with Crippen molar-refractivity contribution in [1.29, 1.82) is 0 Å². The van der Waals surface area contributed by atoms with Gasteiger partial charge in [0.2, 0.25) is 0 Å². The fourth-order valence-corrected chi connectivity index (χ4v) is 1.85. The van der Waals surface area contributed by atoms with E-state index in [2.05, 4.69) is 5.32 Å². The van der Waals surface area contributed by atoms with Crippen LogP contribution in [0.5, 0.6) is 0 Å². The van der Waals surface area contributed by atoms with Crippen molar-refractivity contribution >= 4 is 12.0 Å². The van der Waals surface area contributed by atoms with Gasteiger partial charge in [-0.05, 0) is 32.6 Å². The number of hydrogen-bond acceptors (Lipinski definition) is 2. The van der Waals surface area contributed by atoms with Crippen LogP contribution in [0.25, 0.3) is 0 Å². The molecule has 1 atom stereocenters. The fourth-order valence-electron chi connectivity index (χ4n) is 1.85. The van der Waals surface area contributed by atoms with Gasteiger partial charge in [0.25, 0.3) is 0 Å². The summed E-state index contributed by atoms with van der Waals surface area (Å²) in [6.45, 7) is 3.59. The number of amides is 2. The average molecular weight is 228 g/mol. The first-order valence-corrected chi connectivity index (χ1v) is 5.87. The smallest absolute Gasteiger partial charge is 0.317 e. The Morgan fingerprint density at radius 3 is 2.56 bits per heavy atom. The number of urea groups is 1. The maximum absolute atomic E-state index is 11.7. The number of likely N-dealkylation sites (tertiary alicyclic amines) is 1. The molecule has 5 nitrogen and oxygen atoms in total. The number of nitrogens with zero attached hydrogens (tertiary/aromatic N) is 1. The highest BCUT2D eigenvalue weighted by Gasteiger charge is 2.18. The highest BCUT2D eigenvalue weighted by atomic mass is 16.4. The van der Waals surface area contributed by atoms with Crippen molar-refractivity contribution in [3.8, 4) is 0 Å². The fraction of sp³-hybridized carbons (Fsp3) is 0.818. The van der Waals surface area contributed by atoms with E-state index in [0.29, 0.717) is 12.8 Å². The van der Waals surface area contributed by atoms with E-state index in [9.17, 15) is 9.59 Å². The van der Waals surface area contributed by atoms with E-state index in [0.717, 1.165) is 25.9 Å². The molecule has 0 aromatic heterocycles. The van der Waals surface area contributed by atoms with E-state index < -0.39 is 5.97 Å². The van der Waals surface area contributed by atoms with Crippen LogP contribution in [-0.2, 0) is 4.79 Å². The normalized spacial score (nSPS) is 17.2. The zero-order chi connectivity index (χ0) is 12.0. The van der Waals surface area contributed by atoms with Crippen molar-refractivity contribution in [2.45, 2.75) is 45.1 Å². The first kappa shape index (κ1) is 12.8. The Kier molecular flexibility index (Phi) is 5.08. The maximum atomic E-state index is 11.7. The molecule has 1 aliphatic rings. The van der Waals surface area contributed by atoms with Crippen LogP contribution in [-0.4, -0.2) is 41.1 Å². The van der Waals surface area contributed by atoms with Crippen LogP contribution in [0.4, 0.5) is 4.79 Å². The van der Waals surface area contributed by atoms with Crippen molar-refractivity contribution in [3.63, 3.8) is 0 Å². The third kappa shape index (κ3) is 4.51. The van der Waals surface area contributed by atoms with E-state index in [1.54, 1.807) is 0 Å². The Bertz CT molecular complexity index is 250. The van der Waals surface area contributed by atoms with Gasteiger partial charge in [0.05, 0.1) is 0 Å². The van der Waals surface area contributed by atoms with Gasteiger partial charge in [-0.15, -0.1) is 0 Å². The first-order valence-electron chi connectivity index (χ1n) is 5.87. The van der Waals surface area contributed by atoms with Gasteiger partial charge >= 0.3 is 12.0 Å². The number of hydrogen-bond donors (Lipinski definition) is 2. The zero-order valence-electron chi connectivity index (χ0n) is 9.74. The van der Waals surface area contributed by atoms with Crippen LogP contribution < -0.4 is 5.32 Å². The Balaban J connectivity index is 2.14. The van der Waals surface area contributed by atoms with Crippen molar-refractivity contribution < 1.29 is 14.7 Å². The summed E-state index contributed by atoms with van der Waals surface area (Å²) in [5, 5.41) is 11.4. The van der Waals surface area contributed by atoms with Gasteiger partial charge in [-0.3, -0.25) is 4.79 Å². The molecule has 1 unspecified atom stereocenters. The summed E-state index contributed by atoms with van der Waals surface area (Å²) in [7, 11) is 0. The Morgan fingerprint density at radius 1 is 1.38 bits per heavy atom. The largest absolute Gasteiger partial charge is 0.481 e. The highest BCUT2D eigenvalue weighted by molar-refractivity contribution is 5.74. The van der Waals surface area contributed by atoms with Gasteiger partial charge in [-0.1, -0.05) is 0 Å². The third-order valence-corrected chi connectivity index (χ3v) is 2.79. The van der Waals surface area contributed by atoms with Crippen LogP contribution in [0.3, 0.4) is 0 Å². The molecule has 16 heavy (non-hydrogen) atoms. The lowest BCUT2D eigenvalue weighted by Gasteiger charge is -2.20. The van der Waals surface area contributed by atoms with E-state index in [1.807, 2.05) is 11.8 Å². The van der Waals surface area contributed by atoms with Crippen LogP contribution in [0.15, 0.2) is 0 Å². The van der Waals surface area contributed by atoms with Gasteiger partial charge < -0.3 is 15.3 Å². The molecule has 1 saturated heterocycles. The predicted octanol–water partition coefficient (Wildman–Crippen LogP) is 1.44. The molecule has 0 aromatic carbocycles. The Hall–Kier alpha value is -1.26. The van der Waals surface area contributed by atoms with Gasteiger partial charge in [0.15, 0.2) is 0 Å². The molecule has 0 saturated carbocycles. The number of rotatable bonds is 5. The summed E-state index contributed by atoms with van der Waals surface area (Å²) in [5.74, 6) is -0.780. The van der Waals surface area contributed by atoms with E-state index >= 15 is 0 Å². The van der Waals surface area contributed by atoms with Crippen molar-refractivity contribution in [1.82, 2.24) is 10.2 Å². The molecular formula is C11H20N2O3. The molecule has 0 aromatic rings. The summed E-state index contributed by atoms with van der Waals surface area (Å²) < 4.78 is 0. The van der Waals surface area contributed by atoms with Gasteiger partial charge in [-0.2, -0.15) is 0 Å². The minimum atomic E-state index is -0.780. The molecule has 1 heterocycles. The summed E-state index contributed by atoms with van der Waals surface area (Å²) in [4.78, 5) is 23.8. The standard InChI is InChI=1S/C11H20N2O3/c1-9(5-4-6-10(14)15)12-11(16)13-7-2-3-8-13/h9H,2-8H2,1H3,(H,12,16)(H,14,15). The Morgan fingerprint density at radius 2 is 2.00 bits per heavy atom. The number of nitrogens with one attached hydrogen (secondary N) is 1. The van der Waals surface area contributed by atoms with Crippen LogP contribution in [0.2, 0.25) is 0 Å². The highest BCUT2D eigenvalue weighted by Crippen LogP contribution is 2.08. The van der Waals surface area contributed by atoms with Crippen molar-refractivity contribution in [2.24, 2.45) is 0 Å². The van der Waals surface area contributed by atoms with Gasteiger partial charge in [0.1, 0.15) is 0 Å². The van der Waals surface area contributed by atoms with Gasteiger partial charge in [-0.25, -0.2) is 4.79 Å². The number of carboxylic acids is 1. The summed E-state index contributed by atoms with van der Waals surface area (Å²) in [6, 6.07) is 0.0350. The summed E-state index contributed by atoms with van der Waals surface area (Å²) >= 11 is 0. The molecule has 92 valence electrons. The second-order valence-corrected chi connectivity index (χ2v) is 4.33. The minimum absolute atomic E-state index is 0.0136.